The number of carbonyl (C=O) groups excluding carboxylic acids is 1. The highest BCUT2D eigenvalue weighted by molar-refractivity contribution is 6.07. The first-order valence-corrected chi connectivity index (χ1v) is 8.79. The van der Waals surface area contributed by atoms with Crippen LogP contribution in [0.5, 0.6) is 0 Å². The number of ether oxygens (including phenoxy) is 1. The summed E-state index contributed by atoms with van der Waals surface area (Å²) in [6.07, 6.45) is 1.51. The van der Waals surface area contributed by atoms with Crippen molar-refractivity contribution in [1.29, 1.82) is 0 Å². The van der Waals surface area contributed by atoms with Gasteiger partial charge in [0.1, 0.15) is 6.04 Å². The van der Waals surface area contributed by atoms with E-state index in [1.54, 1.807) is 0 Å². The number of carbonyl (C=O) groups is 2. The number of carboxylic acid groups (broad SMARTS) is 1. The Bertz CT molecular complexity index is 925. The summed E-state index contributed by atoms with van der Waals surface area (Å²) in [5, 5.41) is 11.5. The van der Waals surface area contributed by atoms with Crippen LogP contribution in [0.1, 0.15) is 19.3 Å². The summed E-state index contributed by atoms with van der Waals surface area (Å²) >= 11 is 0. The molecule has 134 valence electrons. The molecule has 0 aliphatic carbocycles. The summed E-state index contributed by atoms with van der Waals surface area (Å²) in [6.45, 7) is 0.471. The molecule has 2 heterocycles. The van der Waals surface area contributed by atoms with Crippen LogP contribution in [0.4, 0.5) is 4.79 Å². The number of amides is 1. The van der Waals surface area contributed by atoms with Crippen LogP contribution in [-0.2, 0) is 16.3 Å². The summed E-state index contributed by atoms with van der Waals surface area (Å²) in [7, 11) is 0. The van der Waals surface area contributed by atoms with Gasteiger partial charge in [-0.3, -0.25) is 4.90 Å². The Labute approximate surface area is 150 Å². The minimum Gasteiger partial charge on any atom is -0.480 e. The van der Waals surface area contributed by atoms with Gasteiger partial charge in [-0.1, -0.05) is 36.4 Å². The third-order valence-corrected chi connectivity index (χ3v) is 5.02. The molecule has 1 aliphatic rings. The normalized spacial score (nSPS) is 17.5. The van der Waals surface area contributed by atoms with Gasteiger partial charge in [-0.25, -0.2) is 9.59 Å². The first kappa shape index (κ1) is 16.4. The molecule has 6 nitrogen and oxygen atoms in total. The Kier molecular flexibility index (Phi) is 4.24. The molecule has 1 saturated heterocycles. The second kappa shape index (κ2) is 6.71. The highest BCUT2D eigenvalue weighted by atomic mass is 16.6. The average Bonchev–Trinajstić information content (AvgIpc) is 3.00. The maximum absolute atomic E-state index is 12.5. The number of para-hydroxylation sites is 2. The van der Waals surface area contributed by atoms with Crippen LogP contribution in [0, 0.1) is 0 Å². The summed E-state index contributed by atoms with van der Waals surface area (Å²) in [4.78, 5) is 25.2. The van der Waals surface area contributed by atoms with Gasteiger partial charge in [0.05, 0.1) is 11.0 Å². The van der Waals surface area contributed by atoms with Crippen molar-refractivity contribution in [2.24, 2.45) is 0 Å². The van der Waals surface area contributed by atoms with Crippen LogP contribution in [0.25, 0.3) is 21.8 Å². The Morgan fingerprint density at radius 1 is 1.00 bits per heavy atom. The summed E-state index contributed by atoms with van der Waals surface area (Å²) in [6, 6.07) is 15.1. The van der Waals surface area contributed by atoms with Crippen LogP contribution in [0.15, 0.2) is 48.5 Å². The molecule has 6 heteroatoms. The smallest absolute Gasteiger partial charge is 0.412 e. The molecule has 0 spiro atoms. The summed E-state index contributed by atoms with van der Waals surface area (Å²) in [5.41, 5.74) is 1.96. The van der Waals surface area contributed by atoms with E-state index in [1.165, 1.54) is 4.90 Å². The molecule has 1 aromatic heterocycles. The van der Waals surface area contributed by atoms with Crippen molar-refractivity contribution < 1.29 is 19.4 Å². The third-order valence-electron chi connectivity index (χ3n) is 5.02. The van der Waals surface area contributed by atoms with Crippen LogP contribution in [0.3, 0.4) is 0 Å². The molecule has 1 N–H and O–H groups in total. The van der Waals surface area contributed by atoms with Crippen molar-refractivity contribution in [3.8, 4) is 0 Å². The zero-order valence-electron chi connectivity index (χ0n) is 14.3. The Morgan fingerprint density at radius 3 is 2.23 bits per heavy atom. The SMILES string of the molecule is O=C(O)[C@H]1CCCCN1C(=O)OCn1c2ccccc2c2ccccc21. The lowest BCUT2D eigenvalue weighted by Crippen LogP contribution is -2.48. The minimum absolute atomic E-state index is 0.0513. The third kappa shape index (κ3) is 2.77. The van der Waals surface area contributed by atoms with Gasteiger partial charge in [-0.2, -0.15) is 0 Å². The van der Waals surface area contributed by atoms with E-state index < -0.39 is 18.1 Å². The van der Waals surface area contributed by atoms with Gasteiger partial charge < -0.3 is 14.4 Å². The maximum Gasteiger partial charge on any atom is 0.412 e. The van der Waals surface area contributed by atoms with E-state index in [2.05, 4.69) is 0 Å². The topological polar surface area (TPSA) is 71.8 Å². The number of aliphatic carboxylic acids is 1. The van der Waals surface area contributed by atoms with Crippen LogP contribution >= 0.6 is 0 Å². The van der Waals surface area contributed by atoms with Gasteiger partial charge in [-0.15, -0.1) is 0 Å². The molecule has 0 bridgehead atoms. The van der Waals surface area contributed by atoms with E-state index in [9.17, 15) is 14.7 Å². The average molecular weight is 352 g/mol. The van der Waals surface area contributed by atoms with E-state index in [-0.39, 0.29) is 6.73 Å². The fourth-order valence-corrected chi connectivity index (χ4v) is 3.75. The number of hydrogen-bond acceptors (Lipinski definition) is 3. The van der Waals surface area contributed by atoms with Gasteiger partial charge >= 0.3 is 12.1 Å². The van der Waals surface area contributed by atoms with E-state index in [4.69, 9.17) is 4.74 Å². The molecule has 26 heavy (non-hydrogen) atoms. The zero-order valence-corrected chi connectivity index (χ0v) is 14.3. The van der Waals surface area contributed by atoms with E-state index >= 15 is 0 Å². The fourth-order valence-electron chi connectivity index (χ4n) is 3.75. The molecule has 2 aromatic carbocycles. The largest absolute Gasteiger partial charge is 0.480 e. The number of fused-ring (bicyclic) bond motifs is 3. The van der Waals surface area contributed by atoms with Gasteiger partial charge in [-0.05, 0) is 31.4 Å². The van der Waals surface area contributed by atoms with Crippen molar-refractivity contribution in [3.63, 3.8) is 0 Å². The molecule has 1 fully saturated rings. The van der Waals surface area contributed by atoms with Gasteiger partial charge in [0.25, 0.3) is 0 Å². The van der Waals surface area contributed by atoms with Crippen molar-refractivity contribution in [1.82, 2.24) is 9.47 Å². The Balaban J connectivity index is 1.61. The standard InChI is InChI=1S/C20H20N2O4/c23-19(24)18-11-5-6-12-21(18)20(25)26-13-22-16-9-3-1-7-14(16)15-8-2-4-10-17(15)22/h1-4,7-10,18H,5-6,11-13H2,(H,23,24)/t18-/m1/s1. The highest BCUT2D eigenvalue weighted by Crippen LogP contribution is 2.29. The number of nitrogens with zero attached hydrogens (tertiary/aromatic N) is 2. The second-order valence-corrected chi connectivity index (χ2v) is 6.54. The summed E-state index contributed by atoms with van der Waals surface area (Å²) < 4.78 is 7.46. The number of piperidine rings is 1. The summed E-state index contributed by atoms with van der Waals surface area (Å²) in [5.74, 6) is -0.974. The monoisotopic (exact) mass is 352 g/mol. The first-order chi connectivity index (χ1) is 12.7. The van der Waals surface area contributed by atoms with E-state index in [0.717, 1.165) is 34.6 Å². The predicted molar refractivity (Wildman–Crippen MR) is 97.9 cm³/mol. The first-order valence-electron chi connectivity index (χ1n) is 8.79. The molecule has 3 aromatic rings. The molecule has 0 unspecified atom stereocenters. The van der Waals surface area contributed by atoms with Crippen LogP contribution in [0.2, 0.25) is 0 Å². The predicted octanol–water partition coefficient (Wildman–Crippen LogP) is 3.83. The lowest BCUT2D eigenvalue weighted by atomic mass is 10.0. The number of likely N-dealkylation sites (tertiary alicyclic amines) is 1. The van der Waals surface area contributed by atoms with Crippen molar-refractivity contribution in [3.05, 3.63) is 48.5 Å². The molecule has 1 amide bonds. The Morgan fingerprint density at radius 2 is 1.62 bits per heavy atom. The molecular weight excluding hydrogens is 332 g/mol. The zero-order chi connectivity index (χ0) is 18.1. The highest BCUT2D eigenvalue weighted by Gasteiger charge is 2.33. The number of carboxylic acids is 1. The second-order valence-electron chi connectivity index (χ2n) is 6.54. The molecule has 0 radical (unpaired) electrons. The lowest BCUT2D eigenvalue weighted by molar-refractivity contribution is -0.144. The van der Waals surface area contributed by atoms with Crippen LogP contribution < -0.4 is 0 Å². The van der Waals surface area contributed by atoms with Crippen LogP contribution in [-0.4, -0.2) is 39.2 Å². The number of hydrogen-bond donors (Lipinski definition) is 1. The number of rotatable bonds is 3. The minimum atomic E-state index is -0.974. The van der Waals surface area contributed by atoms with Crippen molar-refractivity contribution in [2.75, 3.05) is 6.54 Å². The fraction of sp³-hybridized carbons (Fsp3) is 0.300. The van der Waals surface area contributed by atoms with Crippen molar-refractivity contribution >= 4 is 33.9 Å². The lowest BCUT2D eigenvalue weighted by Gasteiger charge is -2.32. The maximum atomic E-state index is 12.5. The molecular formula is C20H20N2O4. The molecule has 0 saturated carbocycles. The molecule has 1 atom stereocenters. The van der Waals surface area contributed by atoms with E-state index in [1.807, 2.05) is 53.1 Å². The van der Waals surface area contributed by atoms with E-state index in [0.29, 0.717) is 13.0 Å². The molecule has 4 rings (SSSR count). The molecule has 1 aliphatic heterocycles. The van der Waals surface area contributed by atoms with Crippen molar-refractivity contribution in [2.45, 2.75) is 32.0 Å². The van der Waals surface area contributed by atoms with Gasteiger partial charge in [0.2, 0.25) is 0 Å². The Hall–Kier alpha value is -3.02. The quantitative estimate of drug-likeness (QED) is 0.778. The van der Waals surface area contributed by atoms with Gasteiger partial charge in [0, 0.05) is 17.3 Å². The number of benzene rings is 2. The number of aromatic nitrogens is 1. The van der Waals surface area contributed by atoms with Gasteiger partial charge in [0.15, 0.2) is 6.73 Å².